The van der Waals surface area contributed by atoms with Crippen molar-refractivity contribution in [2.75, 3.05) is 6.61 Å². The number of primary amides is 1. The molecule has 4 N–H and O–H groups in total. The number of ketones is 4. The van der Waals surface area contributed by atoms with Gasteiger partial charge in [-0.25, -0.2) is 0 Å². The molecule has 214 valence electrons. The molecule has 4 rings (SSSR count). The van der Waals surface area contributed by atoms with Gasteiger partial charge in [0.05, 0.1) is 30.9 Å². The monoisotopic (exact) mass is 557 g/mol. The standard InChI is InChI=1S/C28H31NO11/c1-3-4-10-39-17(32)8-9-18(33)40-24-14-11-16(31)21(27(29)37)25(35)28(14,38)26(36)22-19(24)12(2)13-6-5-7-15(30)20(13)23(22)34/h5-7,12,14,19,21-22,24,30,38H,3-4,8-11H2,1-2H3,(H2,29,37)/t12-,14+,19+,21?,22?,24+,28+/m0/s1. The highest BCUT2D eigenvalue weighted by molar-refractivity contribution is 6.31. The quantitative estimate of drug-likeness (QED) is 0.228. The predicted octanol–water partition coefficient (Wildman–Crippen LogP) is 0.533. The molecule has 0 spiro atoms. The maximum Gasteiger partial charge on any atom is 0.306 e. The molecule has 0 heterocycles. The van der Waals surface area contributed by atoms with Crippen LogP contribution in [0.4, 0.5) is 0 Å². The van der Waals surface area contributed by atoms with Crippen molar-refractivity contribution in [1.29, 1.82) is 0 Å². The molecule has 0 radical (unpaired) electrons. The summed E-state index contributed by atoms with van der Waals surface area (Å²) in [4.78, 5) is 90.5. The molecule has 2 saturated carbocycles. The number of hydrogen-bond donors (Lipinski definition) is 3. The zero-order valence-electron chi connectivity index (χ0n) is 22.1. The summed E-state index contributed by atoms with van der Waals surface area (Å²) in [5, 5.41) is 22.0. The van der Waals surface area contributed by atoms with Crippen LogP contribution in [0.2, 0.25) is 0 Å². The maximum atomic E-state index is 13.8. The third kappa shape index (κ3) is 4.59. The third-order valence-electron chi connectivity index (χ3n) is 8.25. The number of fused-ring (bicyclic) bond motifs is 3. The summed E-state index contributed by atoms with van der Waals surface area (Å²) in [5.41, 5.74) is 2.39. The van der Waals surface area contributed by atoms with Crippen LogP contribution in [0.15, 0.2) is 18.2 Å². The lowest BCUT2D eigenvalue weighted by molar-refractivity contribution is -0.198. The van der Waals surface area contributed by atoms with Crippen molar-refractivity contribution in [1.82, 2.24) is 0 Å². The second kappa shape index (κ2) is 10.9. The predicted molar refractivity (Wildman–Crippen MR) is 134 cm³/mol. The Kier molecular flexibility index (Phi) is 7.93. The van der Waals surface area contributed by atoms with E-state index in [1.54, 1.807) is 13.0 Å². The first-order valence-electron chi connectivity index (χ1n) is 13.2. The van der Waals surface area contributed by atoms with E-state index in [2.05, 4.69) is 0 Å². The molecule has 1 amide bonds. The fraction of sp³-hybridized carbons (Fsp3) is 0.536. The van der Waals surface area contributed by atoms with Crippen molar-refractivity contribution >= 4 is 41.0 Å². The van der Waals surface area contributed by atoms with Gasteiger partial charge in [0, 0.05) is 18.3 Å². The Morgan fingerprint density at radius 1 is 1.07 bits per heavy atom. The van der Waals surface area contributed by atoms with Crippen LogP contribution in [0, 0.1) is 23.7 Å². The Morgan fingerprint density at radius 3 is 2.40 bits per heavy atom. The minimum Gasteiger partial charge on any atom is -0.507 e. The zero-order chi connectivity index (χ0) is 29.5. The Labute approximate surface area is 229 Å². The number of ether oxygens (including phenoxy) is 2. The summed E-state index contributed by atoms with van der Waals surface area (Å²) in [6.07, 6.45) is -1.53. The number of nitrogens with two attached hydrogens (primary N) is 1. The molecule has 2 unspecified atom stereocenters. The first-order valence-corrected chi connectivity index (χ1v) is 13.2. The van der Waals surface area contributed by atoms with E-state index in [0.29, 0.717) is 12.0 Å². The normalized spacial score (nSPS) is 31.1. The highest BCUT2D eigenvalue weighted by Crippen LogP contribution is 2.54. The van der Waals surface area contributed by atoms with Crippen molar-refractivity contribution in [2.45, 2.75) is 63.6 Å². The molecule has 40 heavy (non-hydrogen) atoms. The van der Waals surface area contributed by atoms with Gasteiger partial charge < -0.3 is 25.4 Å². The molecular weight excluding hydrogens is 526 g/mol. The van der Waals surface area contributed by atoms with Gasteiger partial charge >= 0.3 is 11.9 Å². The summed E-state index contributed by atoms with van der Waals surface area (Å²) in [5.74, 6) is -15.2. The number of esters is 2. The minimum atomic E-state index is -3.03. The molecule has 0 aliphatic heterocycles. The number of hydrogen-bond acceptors (Lipinski definition) is 11. The van der Waals surface area contributed by atoms with Gasteiger partial charge in [-0.05, 0) is 24.0 Å². The average Bonchev–Trinajstić information content (AvgIpc) is 2.89. The Morgan fingerprint density at radius 2 is 1.75 bits per heavy atom. The van der Waals surface area contributed by atoms with Gasteiger partial charge in [0.2, 0.25) is 5.91 Å². The number of aromatic hydroxyl groups is 1. The third-order valence-corrected chi connectivity index (χ3v) is 8.25. The molecule has 12 nitrogen and oxygen atoms in total. The van der Waals surface area contributed by atoms with Crippen molar-refractivity contribution in [3.05, 3.63) is 29.3 Å². The molecule has 3 aliphatic carbocycles. The number of benzene rings is 1. The topological polar surface area (TPSA) is 204 Å². The number of rotatable bonds is 8. The van der Waals surface area contributed by atoms with Crippen molar-refractivity contribution in [3.63, 3.8) is 0 Å². The number of aliphatic hydroxyl groups is 1. The Hall–Kier alpha value is -3.93. The van der Waals surface area contributed by atoms with E-state index in [-0.39, 0.29) is 18.6 Å². The number of phenols is 1. The molecule has 2 fully saturated rings. The van der Waals surface area contributed by atoms with Crippen LogP contribution >= 0.6 is 0 Å². The highest BCUT2D eigenvalue weighted by atomic mass is 16.5. The number of amides is 1. The number of carbonyl (C=O) groups is 7. The summed E-state index contributed by atoms with van der Waals surface area (Å²) in [6, 6.07) is 4.30. The molecule has 3 aliphatic rings. The summed E-state index contributed by atoms with van der Waals surface area (Å²) < 4.78 is 10.7. The van der Waals surface area contributed by atoms with Crippen LogP contribution < -0.4 is 5.73 Å². The van der Waals surface area contributed by atoms with Crippen molar-refractivity contribution in [2.24, 2.45) is 29.4 Å². The van der Waals surface area contributed by atoms with Gasteiger partial charge in [-0.3, -0.25) is 33.6 Å². The number of Topliss-reactive ketones (excluding diaryl/α,β-unsaturated/α-hetero) is 4. The van der Waals surface area contributed by atoms with E-state index < -0.39 is 101 Å². The highest BCUT2D eigenvalue weighted by Gasteiger charge is 2.71. The van der Waals surface area contributed by atoms with Gasteiger partial charge in [-0.15, -0.1) is 0 Å². The lowest BCUT2D eigenvalue weighted by atomic mass is 9.50. The molecule has 12 heteroatoms. The Balaban J connectivity index is 1.74. The smallest absolute Gasteiger partial charge is 0.306 e. The van der Waals surface area contributed by atoms with Crippen LogP contribution in [-0.4, -0.2) is 69.5 Å². The minimum absolute atomic E-state index is 0.169. The fourth-order valence-corrected chi connectivity index (χ4v) is 6.26. The summed E-state index contributed by atoms with van der Waals surface area (Å²) in [6.45, 7) is 3.73. The van der Waals surface area contributed by atoms with Crippen LogP contribution in [0.3, 0.4) is 0 Å². The van der Waals surface area contributed by atoms with Gasteiger partial charge in [0.15, 0.2) is 34.7 Å². The van der Waals surface area contributed by atoms with E-state index in [1.807, 2.05) is 6.92 Å². The first kappa shape index (κ1) is 29.1. The van der Waals surface area contributed by atoms with E-state index in [1.165, 1.54) is 12.1 Å². The molecule has 1 aromatic rings. The molecule has 1 aromatic carbocycles. The van der Waals surface area contributed by atoms with E-state index >= 15 is 0 Å². The van der Waals surface area contributed by atoms with Crippen molar-refractivity contribution < 1.29 is 53.2 Å². The molecule has 0 saturated heterocycles. The second-order valence-electron chi connectivity index (χ2n) is 10.6. The Bertz CT molecular complexity index is 1300. The molecule has 0 bridgehead atoms. The molecule has 0 aromatic heterocycles. The van der Waals surface area contributed by atoms with Gasteiger partial charge in [0.1, 0.15) is 11.9 Å². The number of phenolic OH excluding ortho intramolecular Hbond substituents is 1. The van der Waals surface area contributed by atoms with E-state index in [4.69, 9.17) is 15.2 Å². The van der Waals surface area contributed by atoms with Crippen LogP contribution in [-0.2, 0) is 38.2 Å². The van der Waals surface area contributed by atoms with E-state index in [9.17, 15) is 43.8 Å². The maximum absolute atomic E-state index is 13.8. The molecular formula is C28H31NO11. The van der Waals surface area contributed by atoms with Crippen molar-refractivity contribution in [3.8, 4) is 5.75 Å². The van der Waals surface area contributed by atoms with E-state index in [0.717, 1.165) is 6.42 Å². The molecule has 7 atom stereocenters. The van der Waals surface area contributed by atoms with Gasteiger partial charge in [-0.1, -0.05) is 32.4 Å². The SMILES string of the molecule is CCCCOC(=O)CCC(=O)O[C@H]1[C@H]2C(C(=O)c3c(O)cccc3[C@@H]2C)C(=O)[C@]2(O)C(=O)C(C(N)=O)C(=O)C[C@H]12. The zero-order valence-corrected chi connectivity index (χ0v) is 22.1. The summed E-state index contributed by atoms with van der Waals surface area (Å²) in [7, 11) is 0. The second-order valence-corrected chi connectivity index (χ2v) is 10.6. The number of unbranched alkanes of at least 4 members (excludes halogenated alkanes) is 1. The first-order chi connectivity index (χ1) is 18.9. The largest absolute Gasteiger partial charge is 0.507 e. The van der Waals surface area contributed by atoms with Crippen LogP contribution in [0.5, 0.6) is 5.75 Å². The average molecular weight is 558 g/mol. The van der Waals surface area contributed by atoms with Crippen LogP contribution in [0.25, 0.3) is 0 Å². The van der Waals surface area contributed by atoms with Crippen LogP contribution in [0.1, 0.15) is 67.8 Å². The summed E-state index contributed by atoms with van der Waals surface area (Å²) >= 11 is 0. The van der Waals surface area contributed by atoms with Gasteiger partial charge in [0.25, 0.3) is 0 Å². The van der Waals surface area contributed by atoms with Gasteiger partial charge in [-0.2, -0.15) is 0 Å². The lowest BCUT2D eigenvalue weighted by Gasteiger charge is -2.53. The fourth-order valence-electron chi connectivity index (χ4n) is 6.26. The lowest BCUT2D eigenvalue weighted by Crippen LogP contribution is -2.73. The number of carbonyl (C=O) groups excluding carboxylic acids is 7.